The summed E-state index contributed by atoms with van der Waals surface area (Å²) in [6.07, 6.45) is -11.8. The van der Waals surface area contributed by atoms with Crippen molar-refractivity contribution in [1.29, 1.82) is 0 Å². The molecule has 10 heterocycles. The van der Waals surface area contributed by atoms with Crippen molar-refractivity contribution in [3.63, 3.8) is 0 Å². The minimum absolute atomic E-state index is 0.00610. The van der Waals surface area contributed by atoms with Crippen LogP contribution in [0, 0.1) is 0 Å². The minimum Gasteiger partial charge on any atom is -0.504 e. The van der Waals surface area contributed by atoms with Crippen LogP contribution in [0.15, 0.2) is 39.6 Å². The van der Waals surface area contributed by atoms with Crippen molar-refractivity contribution in [2.24, 2.45) is 0 Å². The molecule has 29 nitrogen and oxygen atoms in total. The van der Waals surface area contributed by atoms with Crippen molar-refractivity contribution < 1.29 is 135 Å². The highest BCUT2D eigenvalue weighted by Crippen LogP contribution is 2.53. The number of rotatable bonds is 17. The second-order valence-corrected chi connectivity index (χ2v) is 30.0. The van der Waals surface area contributed by atoms with E-state index in [4.69, 9.17) is 84.9 Å². The Kier molecular flexibility index (Phi) is 22.7. The van der Waals surface area contributed by atoms with E-state index in [1.54, 1.807) is 54.5 Å². The molecule has 0 spiro atoms. The average molecular weight is 1430 g/mol. The maximum Gasteiger partial charge on any atom is 0.200 e. The lowest BCUT2D eigenvalue weighted by Crippen LogP contribution is -2.67. The van der Waals surface area contributed by atoms with E-state index in [1.807, 2.05) is 20.8 Å². The number of ether oxygens (including phenoxy) is 17. The standard InChI is InChI=1S/C72H102O29/c1-31-42(73)13-18-54(85-31)93-46-16-21-57(88-33(46)3)99-68-39(9)92-59(26-45(68)76)100-67-38(8)84-50(25-44(67)75)40-11-12-41-65(80)62-49(98-69(41)66(40)81)23-24-71(82)30-70(10,29-53(77)72(62,71)83)101-58-22-17-48(35(5)89-58)95-61-28-52(64(79)37(7)91-61)97-56-20-15-47(34(4)87-56)94-60-27-51(63(78)36(6)90-60)96-55-19-14-43(74)32(2)86-55/h11-13,18,23-24,31-39,43-48,50-52,54-61,63-64,67-68,74-76,78-79,81-83H,14-17,19-22,25-30H2,1-10H3. The molecule has 33 unspecified atom stereocenters. The summed E-state index contributed by atoms with van der Waals surface area (Å²) in [5.74, 6) is -1.78. The molecular formula is C72H102O29. The minimum atomic E-state index is -2.79. The Morgan fingerprint density at radius 3 is 1.55 bits per heavy atom. The van der Waals surface area contributed by atoms with Crippen molar-refractivity contribution in [2.45, 2.75) is 361 Å². The van der Waals surface area contributed by atoms with Crippen LogP contribution in [0.5, 0.6) is 5.75 Å². The van der Waals surface area contributed by atoms with E-state index in [0.29, 0.717) is 51.4 Å². The van der Waals surface area contributed by atoms with E-state index >= 15 is 0 Å². The van der Waals surface area contributed by atoms with E-state index in [0.717, 1.165) is 0 Å². The second kappa shape index (κ2) is 30.4. The second-order valence-electron chi connectivity index (χ2n) is 30.0. The molecule has 33 atom stereocenters. The Hall–Kier alpha value is -3.91. The smallest absolute Gasteiger partial charge is 0.200 e. The van der Waals surface area contributed by atoms with Crippen LogP contribution in [0.3, 0.4) is 0 Å². The Morgan fingerprint density at radius 2 is 0.980 bits per heavy atom. The molecule has 0 amide bonds. The summed E-state index contributed by atoms with van der Waals surface area (Å²) in [5, 5.41) is 92.0. The number of fused-ring (bicyclic) bond motifs is 4. The molecule has 0 bridgehead atoms. The molecule has 1 aromatic carbocycles. The van der Waals surface area contributed by atoms with E-state index in [2.05, 4.69) is 0 Å². The molecular weight excluding hydrogens is 1330 g/mol. The molecule has 9 fully saturated rings. The van der Waals surface area contributed by atoms with E-state index in [9.17, 15) is 55.2 Å². The Morgan fingerprint density at radius 1 is 0.485 bits per heavy atom. The molecule has 1 saturated carbocycles. The molecule has 0 radical (unpaired) electrons. The number of carbonyl (C=O) groups is 2. The zero-order chi connectivity index (χ0) is 71.9. The monoisotopic (exact) mass is 1430 g/mol. The first-order valence-corrected chi connectivity index (χ1v) is 36.2. The molecule has 8 N–H and O–H groups in total. The molecule has 29 heteroatoms. The van der Waals surface area contributed by atoms with Gasteiger partial charge < -0.3 is 126 Å². The largest absolute Gasteiger partial charge is 0.504 e. The van der Waals surface area contributed by atoms with Crippen LogP contribution in [0.1, 0.15) is 182 Å². The van der Waals surface area contributed by atoms with Crippen LogP contribution in [0.25, 0.3) is 17.0 Å². The maximum atomic E-state index is 14.7. The van der Waals surface area contributed by atoms with Gasteiger partial charge in [-0.3, -0.25) is 14.4 Å². The number of Topliss-reactive ketones (excluding diaryl/α,β-unsaturated/α-hetero) is 1. The van der Waals surface area contributed by atoms with Gasteiger partial charge in [-0.2, -0.15) is 0 Å². The van der Waals surface area contributed by atoms with Crippen LogP contribution >= 0.6 is 0 Å². The topological polar surface area (TPSA) is 383 Å². The SMILES string of the molecule is CC1OC(OC2CCC(OC3C(O)CC(OC4C(O)CC(c5ccc6c(=O)c7c(oc6c5O)C=CC5(O)CC(C)(OC6CCC(OC8CC(OC9CCC(OC%10CC(OC%11CCC(O)C(C)O%11)C(O)C(C)O%10)C(C)O9)C(O)C(C)O8)C(C)O6)CC(=O)C75O)OC4C)OC3C)OC2C)C=CC1=O. The van der Waals surface area contributed by atoms with Crippen LogP contribution in [-0.2, 0) is 95.7 Å². The summed E-state index contributed by atoms with van der Waals surface area (Å²) in [7, 11) is 0. The Labute approximate surface area is 585 Å². The summed E-state index contributed by atoms with van der Waals surface area (Å²) in [6, 6.07) is 2.80. The predicted octanol–water partition coefficient (Wildman–Crippen LogP) is 4.31. The van der Waals surface area contributed by atoms with Crippen molar-refractivity contribution in [3.8, 4) is 5.75 Å². The number of phenols is 1. The van der Waals surface area contributed by atoms with Gasteiger partial charge in [-0.1, -0.05) is 6.07 Å². The van der Waals surface area contributed by atoms with Gasteiger partial charge in [0.15, 0.2) is 84.2 Å². The van der Waals surface area contributed by atoms with E-state index in [1.165, 1.54) is 30.4 Å². The third-order valence-corrected chi connectivity index (χ3v) is 22.3. The number of hydrogen-bond donors (Lipinski definition) is 8. The molecule has 564 valence electrons. The number of carbonyl (C=O) groups excluding carboxylic acids is 2. The molecule has 101 heavy (non-hydrogen) atoms. The van der Waals surface area contributed by atoms with Gasteiger partial charge in [0.1, 0.15) is 41.9 Å². The van der Waals surface area contributed by atoms with Crippen LogP contribution in [0.4, 0.5) is 0 Å². The van der Waals surface area contributed by atoms with Crippen molar-refractivity contribution in [1.82, 2.24) is 0 Å². The summed E-state index contributed by atoms with van der Waals surface area (Å²) in [4.78, 5) is 41.1. The molecule has 2 aromatic rings. The summed E-state index contributed by atoms with van der Waals surface area (Å²) in [5.41, 5.74) is -8.04. The van der Waals surface area contributed by atoms with Crippen molar-refractivity contribution in [3.05, 3.63) is 57.5 Å². The molecule has 1 aromatic heterocycles. The predicted molar refractivity (Wildman–Crippen MR) is 347 cm³/mol. The molecule has 11 aliphatic rings. The normalized spacial score (nSPS) is 47.6. The highest BCUT2D eigenvalue weighted by atomic mass is 16.8. The first kappa shape index (κ1) is 75.3. The lowest BCUT2D eigenvalue weighted by Gasteiger charge is -2.52. The van der Waals surface area contributed by atoms with Gasteiger partial charge in [0, 0.05) is 69.8 Å². The third-order valence-electron chi connectivity index (χ3n) is 22.3. The highest BCUT2D eigenvalue weighted by Gasteiger charge is 2.66. The molecule has 13 rings (SSSR count). The zero-order valence-corrected chi connectivity index (χ0v) is 58.8. The van der Waals surface area contributed by atoms with Gasteiger partial charge in [-0.15, -0.1) is 0 Å². The number of benzene rings is 1. The summed E-state index contributed by atoms with van der Waals surface area (Å²) in [6.45, 7) is 17.6. The fourth-order valence-electron chi connectivity index (χ4n) is 16.5. The van der Waals surface area contributed by atoms with Gasteiger partial charge in [0.25, 0.3) is 0 Å². The van der Waals surface area contributed by atoms with Gasteiger partial charge in [-0.25, -0.2) is 0 Å². The first-order chi connectivity index (χ1) is 47.9. The number of phenolic OH excluding ortho intramolecular Hbond substituents is 1. The van der Waals surface area contributed by atoms with Crippen molar-refractivity contribution >= 4 is 28.6 Å². The summed E-state index contributed by atoms with van der Waals surface area (Å²) < 4.78 is 112. The Bertz CT molecular complexity index is 3340. The van der Waals surface area contributed by atoms with E-state index < -0.39 is 206 Å². The number of ketones is 2. The fraction of sp³-hybridized carbons (Fsp3) is 0.792. The van der Waals surface area contributed by atoms with Crippen LogP contribution < -0.4 is 5.43 Å². The first-order valence-electron chi connectivity index (χ1n) is 36.2. The molecule has 9 aliphatic heterocycles. The zero-order valence-electron chi connectivity index (χ0n) is 58.8. The van der Waals surface area contributed by atoms with Crippen LogP contribution in [-0.4, -0.2) is 242 Å². The van der Waals surface area contributed by atoms with Gasteiger partial charge in [0.05, 0.1) is 120 Å². The average Bonchev–Trinajstić information content (AvgIpc) is 0.692. The molecule has 2 aliphatic carbocycles. The number of aromatic hydroxyl groups is 1. The highest BCUT2D eigenvalue weighted by molar-refractivity contribution is 5.96. The van der Waals surface area contributed by atoms with E-state index in [-0.39, 0.29) is 84.6 Å². The number of hydrogen-bond acceptors (Lipinski definition) is 29. The van der Waals surface area contributed by atoms with Gasteiger partial charge in [-0.05, 0) is 125 Å². The van der Waals surface area contributed by atoms with Gasteiger partial charge in [0.2, 0.25) is 0 Å². The quantitative estimate of drug-likeness (QED) is 0.109. The molecule has 8 saturated heterocycles. The maximum absolute atomic E-state index is 14.7. The Balaban J connectivity index is 0.575. The lowest BCUT2D eigenvalue weighted by molar-refractivity contribution is -0.333. The fourth-order valence-corrected chi connectivity index (χ4v) is 16.5. The third kappa shape index (κ3) is 15.7. The van der Waals surface area contributed by atoms with Crippen LogP contribution in [0.2, 0.25) is 0 Å². The van der Waals surface area contributed by atoms with Crippen molar-refractivity contribution in [2.75, 3.05) is 0 Å². The lowest BCUT2D eigenvalue weighted by atomic mass is 9.60. The van der Waals surface area contributed by atoms with Gasteiger partial charge >= 0.3 is 0 Å². The number of aliphatic hydroxyl groups is 7. The number of aliphatic hydroxyl groups excluding tert-OH is 5. The summed E-state index contributed by atoms with van der Waals surface area (Å²) >= 11 is 0.